The van der Waals surface area contributed by atoms with E-state index in [9.17, 15) is 4.39 Å². The summed E-state index contributed by atoms with van der Waals surface area (Å²) in [5, 5.41) is 6.61. The second-order valence-corrected chi connectivity index (χ2v) is 6.99. The Morgan fingerprint density at radius 2 is 1.66 bits per heavy atom. The molecule has 0 aliphatic heterocycles. The monoisotopic (exact) mass is 393 g/mol. The van der Waals surface area contributed by atoms with Gasteiger partial charge < -0.3 is 15.5 Å². The first-order chi connectivity index (χ1) is 14.0. The zero-order valence-corrected chi connectivity index (χ0v) is 17.5. The van der Waals surface area contributed by atoms with Gasteiger partial charge in [-0.3, -0.25) is 0 Å². The molecule has 1 heterocycles. The van der Waals surface area contributed by atoms with E-state index in [1.54, 1.807) is 12.1 Å². The first-order valence-corrected chi connectivity index (χ1v) is 9.95. The summed E-state index contributed by atoms with van der Waals surface area (Å²) in [5.41, 5.74) is 5.18. The highest BCUT2D eigenvalue weighted by Gasteiger charge is 2.08. The first-order valence-electron chi connectivity index (χ1n) is 9.95. The molecule has 0 amide bonds. The summed E-state index contributed by atoms with van der Waals surface area (Å²) in [7, 11) is 0. The van der Waals surface area contributed by atoms with E-state index in [0.29, 0.717) is 12.5 Å². The molecular weight excluding hydrogens is 365 g/mol. The lowest BCUT2D eigenvalue weighted by atomic mass is 10.1. The molecule has 2 aromatic carbocycles. The van der Waals surface area contributed by atoms with Crippen LogP contribution >= 0.6 is 0 Å². The molecule has 0 saturated carbocycles. The minimum atomic E-state index is -0.236. The molecule has 5 nitrogen and oxygen atoms in total. The lowest BCUT2D eigenvalue weighted by molar-refractivity contribution is 0.627. The number of aromatic nitrogens is 2. The molecule has 0 fully saturated rings. The van der Waals surface area contributed by atoms with Gasteiger partial charge in [0.05, 0.1) is 0 Å². The van der Waals surface area contributed by atoms with Crippen molar-refractivity contribution in [2.24, 2.45) is 0 Å². The van der Waals surface area contributed by atoms with Gasteiger partial charge in [0.15, 0.2) is 0 Å². The third kappa shape index (κ3) is 5.44. The molecule has 29 heavy (non-hydrogen) atoms. The number of rotatable bonds is 8. The van der Waals surface area contributed by atoms with Gasteiger partial charge in [-0.15, -0.1) is 0 Å². The molecule has 0 bridgehead atoms. The number of halogens is 1. The Morgan fingerprint density at radius 3 is 2.31 bits per heavy atom. The molecule has 3 rings (SSSR count). The summed E-state index contributed by atoms with van der Waals surface area (Å²) in [4.78, 5) is 11.4. The number of anilines is 4. The van der Waals surface area contributed by atoms with E-state index in [0.717, 1.165) is 41.4 Å². The number of hydrogen-bond acceptors (Lipinski definition) is 5. The van der Waals surface area contributed by atoms with Crippen molar-refractivity contribution in [1.82, 2.24) is 9.97 Å². The maximum atomic E-state index is 13.1. The van der Waals surface area contributed by atoms with Gasteiger partial charge in [-0.05, 0) is 69.2 Å². The van der Waals surface area contributed by atoms with Crippen LogP contribution in [0.25, 0.3) is 0 Å². The fourth-order valence-corrected chi connectivity index (χ4v) is 3.20. The normalized spacial score (nSPS) is 10.7. The zero-order chi connectivity index (χ0) is 20.8. The zero-order valence-electron chi connectivity index (χ0n) is 17.5. The standard InChI is InChI=1S/C23H28FN5/c1-5-29(6-2)20-11-12-21(16(3)13-20)27-23-26-17(4)14-22(28-23)25-15-18-7-9-19(24)10-8-18/h7-14H,5-6,15H2,1-4H3,(H2,25,26,27,28). The fourth-order valence-electron chi connectivity index (χ4n) is 3.20. The van der Waals surface area contributed by atoms with Crippen molar-refractivity contribution >= 4 is 23.1 Å². The molecule has 0 aliphatic rings. The summed E-state index contributed by atoms with van der Waals surface area (Å²) in [6, 6.07) is 14.7. The minimum Gasteiger partial charge on any atom is -0.372 e. The predicted octanol–water partition coefficient (Wildman–Crippen LogP) is 5.43. The van der Waals surface area contributed by atoms with E-state index in [2.05, 4.69) is 64.5 Å². The maximum Gasteiger partial charge on any atom is 0.229 e. The molecule has 0 saturated heterocycles. The number of benzene rings is 2. The van der Waals surface area contributed by atoms with Crippen LogP contribution in [-0.2, 0) is 6.54 Å². The average Bonchev–Trinajstić information content (AvgIpc) is 2.70. The van der Waals surface area contributed by atoms with Crippen LogP contribution in [0.3, 0.4) is 0 Å². The van der Waals surface area contributed by atoms with Crippen molar-refractivity contribution in [1.29, 1.82) is 0 Å². The molecule has 3 aromatic rings. The summed E-state index contributed by atoms with van der Waals surface area (Å²) in [5.74, 6) is 1.03. The second-order valence-electron chi connectivity index (χ2n) is 6.99. The summed E-state index contributed by atoms with van der Waals surface area (Å²) in [6.45, 7) is 10.9. The quantitative estimate of drug-likeness (QED) is 0.534. The van der Waals surface area contributed by atoms with Crippen molar-refractivity contribution in [2.75, 3.05) is 28.6 Å². The van der Waals surface area contributed by atoms with Crippen molar-refractivity contribution in [3.63, 3.8) is 0 Å². The van der Waals surface area contributed by atoms with E-state index < -0.39 is 0 Å². The van der Waals surface area contributed by atoms with Gasteiger partial charge in [0.25, 0.3) is 0 Å². The highest BCUT2D eigenvalue weighted by atomic mass is 19.1. The van der Waals surface area contributed by atoms with Gasteiger partial charge >= 0.3 is 0 Å². The molecule has 0 radical (unpaired) electrons. The van der Waals surface area contributed by atoms with Crippen LogP contribution in [0.5, 0.6) is 0 Å². The minimum absolute atomic E-state index is 0.236. The van der Waals surface area contributed by atoms with Crippen LogP contribution in [-0.4, -0.2) is 23.1 Å². The van der Waals surface area contributed by atoms with Crippen LogP contribution < -0.4 is 15.5 Å². The topological polar surface area (TPSA) is 53.1 Å². The SMILES string of the molecule is CCN(CC)c1ccc(Nc2nc(C)cc(NCc3ccc(F)cc3)n2)c(C)c1. The largest absolute Gasteiger partial charge is 0.372 e. The third-order valence-corrected chi connectivity index (χ3v) is 4.83. The molecule has 0 spiro atoms. The van der Waals surface area contributed by atoms with Crippen LogP contribution in [0, 0.1) is 19.7 Å². The Balaban J connectivity index is 1.73. The molecule has 1 aromatic heterocycles. The molecule has 0 atom stereocenters. The number of hydrogen-bond donors (Lipinski definition) is 2. The van der Waals surface area contributed by atoms with E-state index in [1.165, 1.54) is 17.8 Å². The van der Waals surface area contributed by atoms with Gasteiger partial charge in [-0.1, -0.05) is 12.1 Å². The van der Waals surface area contributed by atoms with E-state index in [1.807, 2.05) is 13.0 Å². The first kappa shape index (κ1) is 20.6. The van der Waals surface area contributed by atoms with Crippen LogP contribution in [0.15, 0.2) is 48.5 Å². The lowest BCUT2D eigenvalue weighted by Crippen LogP contribution is -2.21. The Hall–Kier alpha value is -3.15. The van der Waals surface area contributed by atoms with Gasteiger partial charge in [0.2, 0.25) is 5.95 Å². The van der Waals surface area contributed by atoms with E-state index in [-0.39, 0.29) is 5.82 Å². The van der Waals surface area contributed by atoms with Gasteiger partial charge in [-0.25, -0.2) is 9.37 Å². The number of nitrogens with zero attached hydrogens (tertiary/aromatic N) is 3. The third-order valence-electron chi connectivity index (χ3n) is 4.83. The van der Waals surface area contributed by atoms with Crippen LogP contribution in [0.2, 0.25) is 0 Å². The Bertz CT molecular complexity index is 952. The Morgan fingerprint density at radius 1 is 0.931 bits per heavy atom. The maximum absolute atomic E-state index is 13.1. The number of aryl methyl sites for hydroxylation is 2. The Labute approximate surface area is 172 Å². The molecular formula is C23H28FN5. The summed E-state index contributed by atoms with van der Waals surface area (Å²) >= 11 is 0. The molecule has 0 aliphatic carbocycles. The summed E-state index contributed by atoms with van der Waals surface area (Å²) < 4.78 is 13.1. The van der Waals surface area contributed by atoms with E-state index >= 15 is 0 Å². The number of nitrogens with one attached hydrogen (secondary N) is 2. The molecule has 152 valence electrons. The van der Waals surface area contributed by atoms with Gasteiger partial charge in [0, 0.05) is 42.8 Å². The van der Waals surface area contributed by atoms with Crippen LogP contribution in [0.4, 0.5) is 27.5 Å². The molecule has 0 unspecified atom stereocenters. The smallest absolute Gasteiger partial charge is 0.229 e. The van der Waals surface area contributed by atoms with Crippen LogP contribution in [0.1, 0.15) is 30.7 Å². The van der Waals surface area contributed by atoms with Crippen molar-refractivity contribution in [2.45, 2.75) is 34.2 Å². The fraction of sp³-hybridized carbons (Fsp3) is 0.304. The highest BCUT2D eigenvalue weighted by molar-refractivity contribution is 5.64. The molecule has 6 heteroatoms. The van der Waals surface area contributed by atoms with Gasteiger partial charge in [-0.2, -0.15) is 4.98 Å². The predicted molar refractivity (Wildman–Crippen MR) is 119 cm³/mol. The van der Waals surface area contributed by atoms with Crippen molar-refractivity contribution in [3.8, 4) is 0 Å². The summed E-state index contributed by atoms with van der Waals surface area (Å²) in [6.07, 6.45) is 0. The van der Waals surface area contributed by atoms with Crippen molar-refractivity contribution in [3.05, 3.63) is 71.2 Å². The van der Waals surface area contributed by atoms with Gasteiger partial charge in [0.1, 0.15) is 11.6 Å². The average molecular weight is 394 g/mol. The lowest BCUT2D eigenvalue weighted by Gasteiger charge is -2.22. The molecule has 2 N–H and O–H groups in total. The second kappa shape index (κ2) is 9.37. The Kier molecular flexibility index (Phi) is 6.65. The van der Waals surface area contributed by atoms with E-state index in [4.69, 9.17) is 0 Å². The highest BCUT2D eigenvalue weighted by Crippen LogP contribution is 2.25. The van der Waals surface area contributed by atoms with Crippen molar-refractivity contribution < 1.29 is 4.39 Å².